The van der Waals surface area contributed by atoms with Crippen molar-refractivity contribution in [3.8, 4) is 5.75 Å². The molecule has 4 nitrogen and oxygen atoms in total. The summed E-state index contributed by atoms with van der Waals surface area (Å²) in [5, 5.41) is 3.76. The molecule has 1 aliphatic rings. The first-order valence-corrected chi connectivity index (χ1v) is 8.87. The van der Waals surface area contributed by atoms with E-state index in [1.165, 1.54) is 0 Å². The molecule has 0 aromatic heterocycles. The highest BCUT2D eigenvalue weighted by atomic mass is 79.9. The van der Waals surface area contributed by atoms with Gasteiger partial charge in [-0.05, 0) is 55.9 Å². The van der Waals surface area contributed by atoms with E-state index < -0.39 is 5.60 Å². The van der Waals surface area contributed by atoms with Crippen LogP contribution in [0, 0.1) is 5.92 Å². The minimum atomic E-state index is -0.683. The Morgan fingerprint density at radius 2 is 1.95 bits per heavy atom. The molecule has 2 rings (SSSR count). The molecule has 0 aliphatic heterocycles. The van der Waals surface area contributed by atoms with Crippen LogP contribution in [0.2, 0.25) is 0 Å². The van der Waals surface area contributed by atoms with Crippen molar-refractivity contribution in [2.24, 2.45) is 5.92 Å². The van der Waals surface area contributed by atoms with Crippen LogP contribution in [0.15, 0.2) is 24.3 Å². The Bertz CT molecular complexity index is 481. The van der Waals surface area contributed by atoms with Crippen molar-refractivity contribution in [3.63, 3.8) is 0 Å². The van der Waals surface area contributed by atoms with Gasteiger partial charge in [0.25, 0.3) is 5.91 Å². The van der Waals surface area contributed by atoms with Crippen molar-refractivity contribution in [1.82, 2.24) is 0 Å². The first-order chi connectivity index (χ1) is 10.6. The summed E-state index contributed by atoms with van der Waals surface area (Å²) in [7, 11) is 1.63. The van der Waals surface area contributed by atoms with Crippen molar-refractivity contribution < 1.29 is 14.3 Å². The Morgan fingerprint density at radius 3 is 2.50 bits per heavy atom. The Hall–Kier alpha value is -1.07. The molecule has 0 radical (unpaired) electrons. The maximum absolute atomic E-state index is 12.6. The number of benzene rings is 1. The first kappa shape index (κ1) is 17.3. The highest BCUT2D eigenvalue weighted by Gasteiger charge is 2.41. The van der Waals surface area contributed by atoms with Crippen LogP contribution in [-0.2, 0) is 9.53 Å². The molecule has 1 aliphatic carbocycles. The molecule has 22 heavy (non-hydrogen) atoms. The molecular weight excluding hydrogens is 346 g/mol. The highest BCUT2D eigenvalue weighted by molar-refractivity contribution is 9.09. The van der Waals surface area contributed by atoms with Gasteiger partial charge in [0.2, 0.25) is 0 Å². The summed E-state index contributed by atoms with van der Waals surface area (Å²) in [4.78, 5) is 12.6. The van der Waals surface area contributed by atoms with Crippen LogP contribution in [0.25, 0.3) is 0 Å². The van der Waals surface area contributed by atoms with E-state index in [2.05, 4.69) is 28.2 Å². The van der Waals surface area contributed by atoms with Gasteiger partial charge in [-0.3, -0.25) is 4.79 Å². The molecule has 1 aromatic rings. The summed E-state index contributed by atoms with van der Waals surface area (Å²) in [5.74, 6) is 1.42. The standard InChI is InChI=1S/C17H24BrNO3/c1-13-7-9-17(21-2,10-8-13)16(20)19-14-3-5-15(6-4-14)22-12-11-18/h3-6,13H,7-12H2,1-2H3,(H,19,20). The number of hydrogen-bond donors (Lipinski definition) is 1. The third kappa shape index (κ3) is 4.23. The van der Waals surface area contributed by atoms with E-state index in [0.717, 1.165) is 42.5 Å². The lowest BCUT2D eigenvalue weighted by Crippen LogP contribution is -2.47. The fourth-order valence-electron chi connectivity index (χ4n) is 2.79. The van der Waals surface area contributed by atoms with Crippen molar-refractivity contribution in [2.45, 2.75) is 38.2 Å². The topological polar surface area (TPSA) is 47.6 Å². The van der Waals surface area contributed by atoms with E-state index in [-0.39, 0.29) is 5.91 Å². The molecule has 0 saturated heterocycles. The van der Waals surface area contributed by atoms with Crippen LogP contribution < -0.4 is 10.1 Å². The van der Waals surface area contributed by atoms with Gasteiger partial charge < -0.3 is 14.8 Å². The SMILES string of the molecule is COC1(C(=O)Nc2ccc(OCCBr)cc2)CCC(C)CC1. The lowest BCUT2D eigenvalue weighted by molar-refractivity contribution is -0.142. The molecule has 0 heterocycles. The normalized spacial score (nSPS) is 24.8. The van der Waals surface area contributed by atoms with Crippen molar-refractivity contribution in [1.29, 1.82) is 0 Å². The number of halogens is 1. The average Bonchev–Trinajstić information content (AvgIpc) is 2.55. The van der Waals surface area contributed by atoms with Crippen molar-refractivity contribution >= 4 is 27.5 Å². The molecule has 1 aromatic carbocycles. The van der Waals surface area contributed by atoms with Crippen LogP contribution >= 0.6 is 15.9 Å². The zero-order valence-corrected chi connectivity index (χ0v) is 14.8. The molecule has 1 saturated carbocycles. The van der Waals surface area contributed by atoms with Crippen molar-refractivity contribution in [3.05, 3.63) is 24.3 Å². The molecule has 0 unspecified atom stereocenters. The summed E-state index contributed by atoms with van der Waals surface area (Å²) < 4.78 is 11.1. The predicted octanol–water partition coefficient (Wildman–Crippen LogP) is 3.99. The second kappa shape index (κ2) is 7.97. The van der Waals surface area contributed by atoms with E-state index in [1.807, 2.05) is 24.3 Å². The van der Waals surface area contributed by atoms with Gasteiger partial charge in [0.15, 0.2) is 0 Å². The smallest absolute Gasteiger partial charge is 0.256 e. The number of hydrogen-bond acceptors (Lipinski definition) is 3. The number of ether oxygens (including phenoxy) is 2. The fourth-order valence-corrected chi connectivity index (χ4v) is 2.95. The van der Waals surface area contributed by atoms with Gasteiger partial charge in [0.1, 0.15) is 11.4 Å². The van der Waals surface area contributed by atoms with Crippen LogP contribution in [0.4, 0.5) is 5.69 Å². The molecule has 1 amide bonds. The molecule has 0 bridgehead atoms. The summed E-state index contributed by atoms with van der Waals surface area (Å²) in [6, 6.07) is 7.44. The number of rotatable bonds is 6. The third-order valence-corrected chi connectivity index (χ3v) is 4.67. The number of anilines is 1. The summed E-state index contributed by atoms with van der Waals surface area (Å²) >= 11 is 3.32. The molecule has 122 valence electrons. The van der Waals surface area contributed by atoms with Gasteiger partial charge in [-0.2, -0.15) is 0 Å². The van der Waals surface area contributed by atoms with Gasteiger partial charge in [-0.25, -0.2) is 0 Å². The van der Waals surface area contributed by atoms with E-state index >= 15 is 0 Å². The minimum absolute atomic E-state index is 0.0453. The molecule has 1 N–H and O–H groups in total. The number of amides is 1. The maximum atomic E-state index is 12.6. The van der Waals surface area contributed by atoms with E-state index in [4.69, 9.17) is 9.47 Å². The van der Waals surface area contributed by atoms with E-state index in [9.17, 15) is 4.79 Å². The lowest BCUT2D eigenvalue weighted by atomic mass is 9.79. The zero-order chi connectivity index (χ0) is 16.0. The summed E-state index contributed by atoms with van der Waals surface area (Å²) in [6.07, 6.45) is 3.62. The zero-order valence-electron chi connectivity index (χ0n) is 13.2. The average molecular weight is 370 g/mol. The third-order valence-electron chi connectivity index (χ3n) is 4.34. The second-order valence-corrected chi connectivity index (χ2v) is 6.69. The van der Waals surface area contributed by atoms with Gasteiger partial charge in [-0.15, -0.1) is 0 Å². The highest BCUT2D eigenvalue weighted by Crippen LogP contribution is 2.35. The number of alkyl halides is 1. The Kier molecular flexibility index (Phi) is 6.26. The van der Waals surface area contributed by atoms with Crippen molar-refractivity contribution in [2.75, 3.05) is 24.4 Å². The summed E-state index contributed by atoms with van der Waals surface area (Å²) in [5.41, 5.74) is 0.0868. The Morgan fingerprint density at radius 1 is 1.32 bits per heavy atom. The largest absolute Gasteiger partial charge is 0.493 e. The van der Waals surface area contributed by atoms with E-state index in [0.29, 0.717) is 12.5 Å². The maximum Gasteiger partial charge on any atom is 0.256 e. The summed E-state index contributed by atoms with van der Waals surface area (Å²) in [6.45, 7) is 2.85. The molecular formula is C17H24BrNO3. The van der Waals surface area contributed by atoms with Gasteiger partial charge >= 0.3 is 0 Å². The van der Waals surface area contributed by atoms with Gasteiger partial charge in [0.05, 0.1) is 6.61 Å². The number of carbonyl (C=O) groups is 1. The molecule has 0 spiro atoms. The molecule has 5 heteroatoms. The van der Waals surface area contributed by atoms with Gasteiger partial charge in [-0.1, -0.05) is 22.9 Å². The first-order valence-electron chi connectivity index (χ1n) is 7.75. The van der Waals surface area contributed by atoms with Crippen LogP contribution in [0.5, 0.6) is 5.75 Å². The quantitative estimate of drug-likeness (QED) is 0.771. The molecule has 1 fully saturated rings. The monoisotopic (exact) mass is 369 g/mol. The Labute approximate surface area is 140 Å². The number of carbonyl (C=O) groups excluding carboxylic acids is 1. The van der Waals surface area contributed by atoms with Crippen LogP contribution in [0.3, 0.4) is 0 Å². The fraction of sp³-hybridized carbons (Fsp3) is 0.588. The molecule has 0 atom stereocenters. The Balaban J connectivity index is 1.98. The minimum Gasteiger partial charge on any atom is -0.493 e. The number of nitrogens with one attached hydrogen (secondary N) is 1. The second-order valence-electron chi connectivity index (χ2n) is 5.90. The van der Waals surface area contributed by atoms with Crippen LogP contribution in [0.1, 0.15) is 32.6 Å². The predicted molar refractivity (Wildman–Crippen MR) is 91.7 cm³/mol. The number of methoxy groups -OCH3 is 1. The lowest BCUT2D eigenvalue weighted by Gasteiger charge is -2.36. The van der Waals surface area contributed by atoms with Gasteiger partial charge in [0, 0.05) is 18.1 Å². The van der Waals surface area contributed by atoms with Crippen LogP contribution in [-0.4, -0.2) is 30.6 Å². The van der Waals surface area contributed by atoms with E-state index in [1.54, 1.807) is 7.11 Å².